The van der Waals surface area contributed by atoms with E-state index in [1.807, 2.05) is 36.4 Å². The molecule has 1 saturated heterocycles. The molecule has 1 fully saturated rings. The van der Waals surface area contributed by atoms with Gasteiger partial charge in [-0.25, -0.2) is 9.97 Å². The minimum atomic E-state index is -0.0522. The van der Waals surface area contributed by atoms with E-state index >= 15 is 0 Å². The Kier molecular flexibility index (Phi) is 5.25. The van der Waals surface area contributed by atoms with Crippen LogP contribution in [0.15, 0.2) is 42.6 Å². The predicted octanol–water partition coefficient (Wildman–Crippen LogP) is 3.14. The van der Waals surface area contributed by atoms with Crippen LogP contribution in [0.4, 0.5) is 11.5 Å². The SMILES string of the molecule is CC1CN(c2ccc(NC(=O)CCc3nc4ccccc4[nH]3)cn2)CC(C)O1. The van der Waals surface area contributed by atoms with Crippen molar-refractivity contribution < 1.29 is 9.53 Å². The summed E-state index contributed by atoms with van der Waals surface area (Å²) in [7, 11) is 0. The van der Waals surface area contributed by atoms with E-state index in [4.69, 9.17) is 4.74 Å². The summed E-state index contributed by atoms with van der Waals surface area (Å²) in [5.74, 6) is 1.67. The molecular formula is C21H25N5O2. The number of aryl methyl sites for hydroxylation is 1. The number of nitrogens with one attached hydrogen (secondary N) is 2. The summed E-state index contributed by atoms with van der Waals surface area (Å²) in [5, 5.41) is 2.91. The Morgan fingerprint density at radius 2 is 2.00 bits per heavy atom. The molecule has 7 heteroatoms. The van der Waals surface area contributed by atoms with Crippen molar-refractivity contribution in [3.05, 3.63) is 48.4 Å². The van der Waals surface area contributed by atoms with Gasteiger partial charge in [0.2, 0.25) is 5.91 Å². The molecule has 0 bridgehead atoms. The van der Waals surface area contributed by atoms with Gasteiger partial charge in [-0.15, -0.1) is 0 Å². The molecule has 3 aromatic rings. The van der Waals surface area contributed by atoms with Gasteiger partial charge in [0.1, 0.15) is 11.6 Å². The molecule has 2 aromatic heterocycles. The Balaban J connectivity index is 1.31. The third kappa shape index (κ3) is 4.31. The highest BCUT2D eigenvalue weighted by Crippen LogP contribution is 2.20. The fourth-order valence-corrected chi connectivity index (χ4v) is 3.59. The van der Waals surface area contributed by atoms with E-state index in [0.29, 0.717) is 18.5 Å². The van der Waals surface area contributed by atoms with Crippen LogP contribution in [0, 0.1) is 0 Å². The average molecular weight is 379 g/mol. The zero-order chi connectivity index (χ0) is 19.5. The Bertz CT molecular complexity index is 910. The van der Waals surface area contributed by atoms with Crippen LogP contribution < -0.4 is 10.2 Å². The minimum absolute atomic E-state index is 0.0522. The normalized spacial score (nSPS) is 19.7. The molecule has 1 amide bonds. The van der Waals surface area contributed by atoms with Crippen molar-refractivity contribution >= 4 is 28.4 Å². The largest absolute Gasteiger partial charge is 0.372 e. The lowest BCUT2D eigenvalue weighted by Gasteiger charge is -2.36. The smallest absolute Gasteiger partial charge is 0.224 e. The molecule has 0 spiro atoms. The number of hydrogen-bond acceptors (Lipinski definition) is 5. The van der Waals surface area contributed by atoms with Gasteiger partial charge in [0.05, 0.1) is 35.1 Å². The molecule has 0 radical (unpaired) electrons. The number of hydrogen-bond donors (Lipinski definition) is 2. The topological polar surface area (TPSA) is 83.1 Å². The number of anilines is 2. The number of H-pyrrole nitrogens is 1. The summed E-state index contributed by atoms with van der Waals surface area (Å²) in [6, 6.07) is 11.7. The molecule has 4 rings (SSSR count). The van der Waals surface area contributed by atoms with Gasteiger partial charge in [0, 0.05) is 25.9 Å². The highest BCUT2D eigenvalue weighted by atomic mass is 16.5. The van der Waals surface area contributed by atoms with E-state index < -0.39 is 0 Å². The van der Waals surface area contributed by atoms with Gasteiger partial charge in [0.15, 0.2) is 0 Å². The third-order valence-electron chi connectivity index (χ3n) is 4.80. The number of para-hydroxylation sites is 2. The second-order valence-electron chi connectivity index (χ2n) is 7.32. The van der Waals surface area contributed by atoms with Crippen LogP contribution in [0.5, 0.6) is 0 Å². The van der Waals surface area contributed by atoms with Crippen LogP contribution in [0.25, 0.3) is 11.0 Å². The lowest BCUT2D eigenvalue weighted by molar-refractivity contribution is -0.116. The maximum Gasteiger partial charge on any atom is 0.224 e. The monoisotopic (exact) mass is 379 g/mol. The first-order valence-corrected chi connectivity index (χ1v) is 9.67. The molecule has 2 N–H and O–H groups in total. The van der Waals surface area contributed by atoms with Crippen LogP contribution in [-0.4, -0.2) is 46.2 Å². The molecule has 28 heavy (non-hydrogen) atoms. The maximum absolute atomic E-state index is 12.3. The Morgan fingerprint density at radius 1 is 1.21 bits per heavy atom. The minimum Gasteiger partial charge on any atom is -0.372 e. The number of carbonyl (C=O) groups excluding carboxylic acids is 1. The summed E-state index contributed by atoms with van der Waals surface area (Å²) in [6.45, 7) is 5.78. The zero-order valence-corrected chi connectivity index (χ0v) is 16.2. The number of pyridine rings is 1. The van der Waals surface area contributed by atoms with Crippen molar-refractivity contribution in [1.82, 2.24) is 15.0 Å². The summed E-state index contributed by atoms with van der Waals surface area (Å²) >= 11 is 0. The number of nitrogens with zero attached hydrogens (tertiary/aromatic N) is 3. The Labute approximate surface area is 164 Å². The first kappa shape index (κ1) is 18.4. The molecule has 1 aromatic carbocycles. The molecular weight excluding hydrogens is 354 g/mol. The first-order chi connectivity index (χ1) is 13.6. The van der Waals surface area contributed by atoms with Crippen molar-refractivity contribution in [3.63, 3.8) is 0 Å². The number of rotatable bonds is 5. The van der Waals surface area contributed by atoms with E-state index in [9.17, 15) is 4.79 Å². The van der Waals surface area contributed by atoms with Gasteiger partial charge in [0.25, 0.3) is 0 Å². The molecule has 2 unspecified atom stereocenters. The van der Waals surface area contributed by atoms with Gasteiger partial charge >= 0.3 is 0 Å². The standard InChI is InChI=1S/C21H25N5O2/c1-14-12-26(13-15(2)28-14)20-9-7-16(11-22-20)23-21(27)10-8-19-24-17-5-3-4-6-18(17)25-19/h3-7,9,11,14-15H,8,10,12-13H2,1-2H3,(H,23,27)(H,24,25). The maximum atomic E-state index is 12.3. The number of aromatic amines is 1. The molecule has 0 saturated carbocycles. The quantitative estimate of drug-likeness (QED) is 0.712. The van der Waals surface area contributed by atoms with Crippen molar-refractivity contribution in [1.29, 1.82) is 0 Å². The number of amides is 1. The molecule has 1 aliphatic rings. The average Bonchev–Trinajstić information content (AvgIpc) is 3.09. The van der Waals surface area contributed by atoms with Gasteiger partial charge in [-0.1, -0.05) is 12.1 Å². The number of morpholine rings is 1. The molecule has 146 valence electrons. The lowest BCUT2D eigenvalue weighted by atomic mass is 10.2. The summed E-state index contributed by atoms with van der Waals surface area (Å²) in [5.41, 5.74) is 2.61. The molecule has 3 heterocycles. The van der Waals surface area contributed by atoms with Crippen LogP contribution >= 0.6 is 0 Å². The van der Waals surface area contributed by atoms with E-state index in [0.717, 1.165) is 35.8 Å². The lowest BCUT2D eigenvalue weighted by Crippen LogP contribution is -2.45. The summed E-state index contributed by atoms with van der Waals surface area (Å²) in [4.78, 5) is 26.7. The Hall–Kier alpha value is -2.93. The van der Waals surface area contributed by atoms with Gasteiger partial charge < -0.3 is 19.9 Å². The highest BCUT2D eigenvalue weighted by Gasteiger charge is 2.23. The van der Waals surface area contributed by atoms with Crippen LogP contribution in [0.1, 0.15) is 26.1 Å². The van der Waals surface area contributed by atoms with Crippen LogP contribution in [-0.2, 0) is 16.0 Å². The summed E-state index contributed by atoms with van der Waals surface area (Å²) < 4.78 is 5.76. The number of carbonyl (C=O) groups is 1. The van der Waals surface area contributed by atoms with Crippen molar-refractivity contribution in [2.45, 2.75) is 38.9 Å². The second kappa shape index (κ2) is 7.98. The second-order valence-corrected chi connectivity index (χ2v) is 7.32. The van der Waals surface area contributed by atoms with E-state index in [-0.39, 0.29) is 18.1 Å². The third-order valence-corrected chi connectivity index (χ3v) is 4.80. The van der Waals surface area contributed by atoms with Crippen molar-refractivity contribution in [3.8, 4) is 0 Å². The fraction of sp³-hybridized carbons (Fsp3) is 0.381. The van der Waals surface area contributed by atoms with E-state index in [1.165, 1.54) is 0 Å². The summed E-state index contributed by atoms with van der Waals surface area (Å²) in [6.07, 6.45) is 3.00. The zero-order valence-electron chi connectivity index (χ0n) is 16.2. The number of benzene rings is 1. The van der Waals surface area contributed by atoms with Gasteiger partial charge in [-0.3, -0.25) is 4.79 Å². The first-order valence-electron chi connectivity index (χ1n) is 9.67. The van der Waals surface area contributed by atoms with Crippen molar-refractivity contribution in [2.75, 3.05) is 23.3 Å². The van der Waals surface area contributed by atoms with Crippen LogP contribution in [0.2, 0.25) is 0 Å². The number of aromatic nitrogens is 3. The molecule has 1 aliphatic heterocycles. The van der Waals surface area contributed by atoms with E-state index in [1.54, 1.807) is 6.20 Å². The van der Waals surface area contributed by atoms with Crippen LogP contribution in [0.3, 0.4) is 0 Å². The molecule has 7 nitrogen and oxygen atoms in total. The van der Waals surface area contributed by atoms with E-state index in [2.05, 4.69) is 39.0 Å². The number of imidazole rings is 1. The van der Waals surface area contributed by atoms with Gasteiger partial charge in [-0.2, -0.15) is 0 Å². The highest BCUT2D eigenvalue weighted by molar-refractivity contribution is 5.90. The van der Waals surface area contributed by atoms with Crippen molar-refractivity contribution in [2.24, 2.45) is 0 Å². The molecule has 2 atom stereocenters. The Morgan fingerprint density at radius 3 is 2.71 bits per heavy atom. The predicted molar refractivity (Wildman–Crippen MR) is 110 cm³/mol. The fourth-order valence-electron chi connectivity index (χ4n) is 3.59. The number of ether oxygens (including phenoxy) is 1. The number of fused-ring (bicyclic) bond motifs is 1. The molecule has 0 aliphatic carbocycles. The van der Waals surface area contributed by atoms with Gasteiger partial charge in [-0.05, 0) is 38.1 Å².